The van der Waals surface area contributed by atoms with Crippen molar-refractivity contribution in [2.75, 3.05) is 13.7 Å². The van der Waals surface area contributed by atoms with Gasteiger partial charge < -0.3 is 13.7 Å². The number of hydrogen-bond donors (Lipinski definition) is 0. The Morgan fingerprint density at radius 2 is 1.94 bits per heavy atom. The summed E-state index contributed by atoms with van der Waals surface area (Å²) in [6, 6.07) is 11.2. The highest BCUT2D eigenvalue weighted by Gasteiger charge is 2.34. The Balaban J connectivity index is 1.76. The Kier molecular flexibility index (Phi) is 4.95. The maximum atomic E-state index is 12.8. The maximum absolute atomic E-state index is 12.8. The molecule has 3 heterocycles. The number of imide groups is 1. The first-order chi connectivity index (χ1) is 14.9. The molecule has 3 aromatic rings. The van der Waals surface area contributed by atoms with Gasteiger partial charge in [-0.2, -0.15) is 10.2 Å². The Morgan fingerprint density at radius 3 is 2.52 bits per heavy atom. The van der Waals surface area contributed by atoms with E-state index in [4.69, 9.17) is 9.15 Å². The van der Waals surface area contributed by atoms with Gasteiger partial charge in [0.15, 0.2) is 0 Å². The lowest BCUT2D eigenvalue weighted by Gasteiger charge is -2.25. The molecule has 1 aliphatic heterocycles. The van der Waals surface area contributed by atoms with E-state index in [0.717, 1.165) is 27.6 Å². The predicted molar refractivity (Wildman–Crippen MR) is 114 cm³/mol. The van der Waals surface area contributed by atoms with Crippen molar-refractivity contribution in [1.29, 1.82) is 5.26 Å². The fourth-order valence-electron chi connectivity index (χ4n) is 3.62. The van der Waals surface area contributed by atoms with E-state index in [1.54, 1.807) is 33.1 Å². The molecule has 0 aliphatic carbocycles. The van der Waals surface area contributed by atoms with Gasteiger partial charge in [-0.05, 0) is 49.8 Å². The molecule has 156 valence electrons. The van der Waals surface area contributed by atoms with E-state index >= 15 is 0 Å². The molecule has 0 unspecified atom stereocenters. The zero-order valence-electron chi connectivity index (χ0n) is 17.6. The molecule has 2 amide bonds. The van der Waals surface area contributed by atoms with Gasteiger partial charge in [0.05, 0.1) is 7.11 Å². The third-order valence-electron chi connectivity index (χ3n) is 5.38. The van der Waals surface area contributed by atoms with E-state index in [-0.39, 0.29) is 17.7 Å². The largest absolute Gasteiger partial charge is 0.497 e. The first-order valence-corrected chi connectivity index (χ1v) is 9.69. The minimum Gasteiger partial charge on any atom is -0.497 e. The zero-order chi connectivity index (χ0) is 22.3. The highest BCUT2D eigenvalue weighted by Crippen LogP contribution is 2.31. The van der Waals surface area contributed by atoms with Crippen molar-refractivity contribution in [1.82, 2.24) is 14.5 Å². The summed E-state index contributed by atoms with van der Waals surface area (Å²) in [5, 5.41) is 9.37. The van der Waals surface area contributed by atoms with Crippen molar-refractivity contribution in [3.05, 3.63) is 52.8 Å². The summed E-state index contributed by atoms with van der Waals surface area (Å²) >= 11 is 0. The van der Waals surface area contributed by atoms with Crippen molar-refractivity contribution in [2.45, 2.75) is 13.8 Å². The Bertz CT molecular complexity index is 1320. The number of fused-ring (bicyclic) bond motifs is 1. The number of amides is 2. The second-order valence-electron chi connectivity index (χ2n) is 7.09. The molecule has 0 spiro atoms. The number of rotatable bonds is 4. The molecule has 4 rings (SSSR count). The molecule has 0 radical (unpaired) electrons. The van der Waals surface area contributed by atoms with Gasteiger partial charge in [0.2, 0.25) is 5.71 Å². The SMILES string of the molecule is CCN1C(=O)C(C#N)=C(C)/C(=C/c2cc3c(nc(-c4ccc(OC)cc4)n3C)o2)C1=O. The van der Waals surface area contributed by atoms with Crippen LogP contribution in [0.3, 0.4) is 0 Å². The number of furan rings is 1. The third kappa shape index (κ3) is 3.20. The number of nitrogens with zero attached hydrogens (tertiary/aromatic N) is 4. The molecule has 0 fully saturated rings. The lowest BCUT2D eigenvalue weighted by Crippen LogP contribution is -2.42. The third-order valence-corrected chi connectivity index (χ3v) is 5.38. The van der Waals surface area contributed by atoms with E-state index in [9.17, 15) is 14.9 Å². The smallest absolute Gasteiger partial charge is 0.271 e. The van der Waals surface area contributed by atoms with Crippen LogP contribution in [0.1, 0.15) is 19.6 Å². The summed E-state index contributed by atoms with van der Waals surface area (Å²) < 4.78 is 13.0. The monoisotopic (exact) mass is 416 g/mol. The van der Waals surface area contributed by atoms with Crippen molar-refractivity contribution >= 4 is 29.1 Å². The lowest BCUT2D eigenvalue weighted by atomic mass is 9.95. The van der Waals surface area contributed by atoms with E-state index in [1.165, 1.54) is 0 Å². The van der Waals surface area contributed by atoms with Gasteiger partial charge in [-0.15, -0.1) is 0 Å². The standard InChI is InChI=1S/C23H20N4O4/c1-5-27-22(28)17(13(2)18(12-24)23(27)29)10-16-11-19-21(31-16)25-20(26(19)3)14-6-8-15(30-4)9-7-14/h6-11H,5H2,1-4H3/b17-10-. The number of methoxy groups -OCH3 is 1. The van der Waals surface area contributed by atoms with Gasteiger partial charge in [0.1, 0.15) is 34.5 Å². The van der Waals surface area contributed by atoms with E-state index < -0.39 is 11.8 Å². The molecule has 0 N–H and O–H groups in total. The van der Waals surface area contributed by atoms with Crippen molar-refractivity contribution in [2.24, 2.45) is 7.05 Å². The van der Waals surface area contributed by atoms with Gasteiger partial charge in [-0.3, -0.25) is 14.5 Å². The molecular formula is C23H20N4O4. The molecule has 0 bridgehead atoms. The van der Waals surface area contributed by atoms with Crippen molar-refractivity contribution in [3.63, 3.8) is 0 Å². The maximum Gasteiger partial charge on any atom is 0.271 e. The number of imidazole rings is 1. The van der Waals surface area contributed by atoms with Crippen LogP contribution in [0.2, 0.25) is 0 Å². The molecule has 8 heteroatoms. The topological polar surface area (TPSA) is 101 Å². The summed E-state index contributed by atoms with van der Waals surface area (Å²) in [5.41, 5.74) is 2.65. The van der Waals surface area contributed by atoms with E-state index in [0.29, 0.717) is 17.0 Å². The number of likely N-dealkylation sites (N-methyl/N-ethyl adjacent to an activating group) is 1. The second kappa shape index (κ2) is 7.61. The summed E-state index contributed by atoms with van der Waals surface area (Å²) in [4.78, 5) is 30.7. The van der Waals surface area contributed by atoms with E-state index in [2.05, 4.69) is 4.98 Å². The number of ether oxygens (including phenoxy) is 1. The van der Waals surface area contributed by atoms with Crippen LogP contribution < -0.4 is 4.74 Å². The quantitative estimate of drug-likeness (QED) is 0.477. The minimum absolute atomic E-state index is 0.0382. The van der Waals surface area contributed by atoms with Crippen LogP contribution in [-0.2, 0) is 16.6 Å². The van der Waals surface area contributed by atoms with Crippen LogP contribution in [0.5, 0.6) is 5.75 Å². The number of carbonyl (C=O) groups is 2. The second-order valence-corrected chi connectivity index (χ2v) is 7.09. The molecule has 0 saturated heterocycles. The number of benzene rings is 1. The summed E-state index contributed by atoms with van der Waals surface area (Å²) in [7, 11) is 3.49. The van der Waals surface area contributed by atoms with Gasteiger partial charge in [0, 0.05) is 30.8 Å². The van der Waals surface area contributed by atoms with Gasteiger partial charge >= 0.3 is 0 Å². The van der Waals surface area contributed by atoms with Crippen LogP contribution in [-0.4, -0.2) is 39.9 Å². The number of hydrogen-bond acceptors (Lipinski definition) is 6. The summed E-state index contributed by atoms with van der Waals surface area (Å²) in [5.74, 6) is 0.888. The first kappa shape index (κ1) is 20.2. The molecule has 0 atom stereocenters. The van der Waals surface area contributed by atoms with E-state index in [1.807, 2.05) is 41.9 Å². The predicted octanol–water partition coefficient (Wildman–Crippen LogP) is 3.45. The average molecular weight is 416 g/mol. The van der Waals surface area contributed by atoms with Gasteiger partial charge in [-0.1, -0.05) is 0 Å². The van der Waals surface area contributed by atoms with Crippen LogP contribution in [0.4, 0.5) is 0 Å². The van der Waals surface area contributed by atoms with Crippen LogP contribution in [0, 0.1) is 11.3 Å². The minimum atomic E-state index is -0.569. The fourth-order valence-corrected chi connectivity index (χ4v) is 3.62. The highest BCUT2D eigenvalue weighted by atomic mass is 16.5. The number of nitriles is 1. The van der Waals surface area contributed by atoms with Gasteiger partial charge in [-0.25, -0.2) is 0 Å². The Morgan fingerprint density at radius 1 is 1.23 bits per heavy atom. The molecular weight excluding hydrogens is 396 g/mol. The normalized spacial score (nSPS) is 15.8. The highest BCUT2D eigenvalue weighted by molar-refractivity contribution is 6.19. The molecule has 1 aromatic carbocycles. The van der Waals surface area contributed by atoms with Crippen LogP contribution in [0.25, 0.3) is 28.7 Å². The molecule has 2 aromatic heterocycles. The number of carbonyl (C=O) groups excluding carboxylic acids is 2. The van der Waals surface area contributed by atoms with Crippen molar-refractivity contribution < 1.29 is 18.7 Å². The summed E-state index contributed by atoms with van der Waals surface area (Å²) in [6.07, 6.45) is 1.55. The number of aryl methyl sites for hydroxylation is 1. The Labute approximate surface area is 178 Å². The van der Waals surface area contributed by atoms with Crippen LogP contribution >= 0.6 is 0 Å². The fraction of sp³-hybridized carbons (Fsp3) is 0.217. The molecule has 8 nitrogen and oxygen atoms in total. The van der Waals surface area contributed by atoms with Crippen LogP contribution in [0.15, 0.2) is 51.5 Å². The number of aromatic nitrogens is 2. The summed E-state index contributed by atoms with van der Waals surface area (Å²) in [6.45, 7) is 3.46. The molecule has 0 saturated carbocycles. The first-order valence-electron chi connectivity index (χ1n) is 9.69. The Hall–Kier alpha value is -4.12. The lowest BCUT2D eigenvalue weighted by molar-refractivity contribution is -0.140. The zero-order valence-corrected chi connectivity index (χ0v) is 17.6. The van der Waals surface area contributed by atoms with Gasteiger partial charge in [0.25, 0.3) is 11.8 Å². The molecule has 31 heavy (non-hydrogen) atoms. The average Bonchev–Trinajstić information content (AvgIpc) is 3.30. The van der Waals surface area contributed by atoms with Crippen molar-refractivity contribution in [3.8, 4) is 23.2 Å². The molecule has 1 aliphatic rings.